The van der Waals surface area contributed by atoms with E-state index in [1.54, 1.807) is 12.4 Å². The number of pyridine rings is 1. The first-order chi connectivity index (χ1) is 6.71. The Kier molecular flexibility index (Phi) is 1.26. The highest BCUT2D eigenvalue weighted by Gasteiger charge is 2.41. The van der Waals surface area contributed by atoms with E-state index in [0.717, 1.165) is 11.0 Å². The molecular weight excluding hydrogens is 176 g/mol. The number of hydrogen-bond donors (Lipinski definition) is 1. The second-order valence-corrected chi connectivity index (χ2v) is 4.17. The first kappa shape index (κ1) is 7.79. The van der Waals surface area contributed by atoms with Gasteiger partial charge in [0, 0.05) is 11.7 Å². The van der Waals surface area contributed by atoms with Gasteiger partial charge in [0.2, 0.25) is 5.95 Å². The molecule has 0 amide bonds. The number of hydrogen-bond acceptors (Lipinski definition) is 3. The van der Waals surface area contributed by atoms with Crippen molar-refractivity contribution in [2.24, 2.45) is 0 Å². The fraction of sp³-hybridized carbons (Fsp3) is 0.400. The molecule has 72 valence electrons. The Morgan fingerprint density at radius 2 is 2.29 bits per heavy atom. The molecule has 3 rings (SSSR count). The zero-order valence-corrected chi connectivity index (χ0v) is 8.07. The number of rotatable bonds is 1. The number of nitrogens with two attached hydrogens (primary N) is 1. The van der Waals surface area contributed by atoms with Crippen LogP contribution in [0.3, 0.4) is 0 Å². The average Bonchev–Trinajstić information content (AvgIpc) is 2.79. The van der Waals surface area contributed by atoms with Gasteiger partial charge in [0.1, 0.15) is 5.52 Å². The number of fused-ring (bicyclic) bond motifs is 1. The molecule has 2 N–H and O–H groups in total. The Hall–Kier alpha value is -1.58. The topological polar surface area (TPSA) is 56.7 Å². The third-order valence-corrected chi connectivity index (χ3v) is 3.00. The lowest BCUT2D eigenvalue weighted by Crippen LogP contribution is -2.14. The number of aromatic nitrogens is 3. The van der Waals surface area contributed by atoms with Crippen LogP contribution in [0.4, 0.5) is 5.95 Å². The average molecular weight is 188 g/mol. The maximum Gasteiger partial charge on any atom is 0.201 e. The van der Waals surface area contributed by atoms with Crippen LogP contribution in [0.25, 0.3) is 11.0 Å². The monoisotopic (exact) mass is 188 g/mol. The largest absolute Gasteiger partial charge is 0.369 e. The lowest BCUT2D eigenvalue weighted by molar-refractivity contribution is 0.556. The van der Waals surface area contributed by atoms with Crippen LogP contribution in [0.15, 0.2) is 18.5 Å². The van der Waals surface area contributed by atoms with Gasteiger partial charge < -0.3 is 10.3 Å². The van der Waals surface area contributed by atoms with Crippen LogP contribution >= 0.6 is 0 Å². The van der Waals surface area contributed by atoms with E-state index in [2.05, 4.69) is 21.5 Å². The molecule has 0 unspecified atom stereocenters. The first-order valence-electron chi connectivity index (χ1n) is 4.79. The van der Waals surface area contributed by atoms with Crippen molar-refractivity contribution in [2.45, 2.75) is 25.3 Å². The summed E-state index contributed by atoms with van der Waals surface area (Å²) >= 11 is 0. The summed E-state index contributed by atoms with van der Waals surface area (Å²) in [5.41, 5.74) is 8.08. The second-order valence-electron chi connectivity index (χ2n) is 4.17. The van der Waals surface area contributed by atoms with E-state index >= 15 is 0 Å². The van der Waals surface area contributed by atoms with E-state index in [1.165, 1.54) is 12.8 Å². The molecule has 2 aromatic rings. The van der Waals surface area contributed by atoms with Gasteiger partial charge in [0.15, 0.2) is 0 Å². The predicted octanol–water partition coefficient (Wildman–Crippen LogP) is 1.52. The zero-order chi connectivity index (χ0) is 9.76. The van der Waals surface area contributed by atoms with Crippen molar-refractivity contribution in [1.29, 1.82) is 0 Å². The number of nitrogens with zero attached hydrogens (tertiary/aromatic N) is 3. The van der Waals surface area contributed by atoms with E-state index in [0.29, 0.717) is 5.95 Å². The van der Waals surface area contributed by atoms with Gasteiger partial charge in [-0.1, -0.05) is 0 Å². The molecule has 0 aromatic carbocycles. The highest BCUT2D eigenvalue weighted by atomic mass is 15.2. The molecule has 14 heavy (non-hydrogen) atoms. The smallest absolute Gasteiger partial charge is 0.201 e. The lowest BCUT2D eigenvalue weighted by atomic mass is 10.3. The van der Waals surface area contributed by atoms with Gasteiger partial charge in [0.25, 0.3) is 0 Å². The summed E-state index contributed by atoms with van der Waals surface area (Å²) < 4.78 is 2.13. The van der Waals surface area contributed by atoms with Gasteiger partial charge in [0.05, 0.1) is 11.7 Å². The number of nitrogen functional groups attached to an aromatic ring is 1. The quantitative estimate of drug-likeness (QED) is 0.738. The van der Waals surface area contributed by atoms with Crippen LogP contribution in [0, 0.1) is 0 Å². The Morgan fingerprint density at radius 1 is 1.50 bits per heavy atom. The van der Waals surface area contributed by atoms with E-state index in [1.807, 2.05) is 6.07 Å². The maximum atomic E-state index is 5.90. The lowest BCUT2D eigenvalue weighted by Gasteiger charge is -2.13. The van der Waals surface area contributed by atoms with E-state index in [9.17, 15) is 0 Å². The number of anilines is 1. The van der Waals surface area contributed by atoms with E-state index in [4.69, 9.17) is 5.73 Å². The van der Waals surface area contributed by atoms with Crippen molar-refractivity contribution in [3.05, 3.63) is 18.5 Å². The summed E-state index contributed by atoms with van der Waals surface area (Å²) in [6.07, 6.45) is 5.91. The molecule has 0 spiro atoms. The van der Waals surface area contributed by atoms with Gasteiger partial charge in [-0.15, -0.1) is 0 Å². The molecule has 0 saturated heterocycles. The van der Waals surface area contributed by atoms with Crippen molar-refractivity contribution in [3.8, 4) is 0 Å². The maximum absolute atomic E-state index is 5.90. The molecule has 0 aliphatic heterocycles. The molecule has 4 nitrogen and oxygen atoms in total. The fourth-order valence-electron chi connectivity index (χ4n) is 1.92. The standard InChI is InChI=1S/C10H12N4/c1-10(3-4-10)14-8-2-5-12-6-7(8)13-9(14)11/h2,5-6H,3-4H2,1H3,(H2,11,13). The highest BCUT2D eigenvalue weighted by Crippen LogP contribution is 2.45. The second kappa shape index (κ2) is 2.26. The molecule has 0 atom stereocenters. The molecule has 0 radical (unpaired) electrons. The third kappa shape index (κ3) is 0.880. The molecule has 1 aliphatic rings. The summed E-state index contributed by atoms with van der Waals surface area (Å²) in [5, 5.41) is 0. The summed E-state index contributed by atoms with van der Waals surface area (Å²) in [5.74, 6) is 0.605. The molecular formula is C10H12N4. The van der Waals surface area contributed by atoms with Gasteiger partial charge in [-0.2, -0.15) is 0 Å². The van der Waals surface area contributed by atoms with Crippen molar-refractivity contribution in [1.82, 2.24) is 14.5 Å². The van der Waals surface area contributed by atoms with Crippen molar-refractivity contribution >= 4 is 17.0 Å². The Morgan fingerprint density at radius 3 is 3.00 bits per heavy atom. The van der Waals surface area contributed by atoms with Crippen LogP contribution in [0.5, 0.6) is 0 Å². The van der Waals surface area contributed by atoms with E-state index < -0.39 is 0 Å². The zero-order valence-electron chi connectivity index (χ0n) is 8.07. The van der Waals surface area contributed by atoms with Crippen LogP contribution in [0.2, 0.25) is 0 Å². The summed E-state index contributed by atoms with van der Waals surface area (Å²) in [7, 11) is 0. The van der Waals surface area contributed by atoms with Crippen LogP contribution in [0.1, 0.15) is 19.8 Å². The Labute approximate surface area is 81.8 Å². The minimum Gasteiger partial charge on any atom is -0.369 e. The van der Waals surface area contributed by atoms with Crippen LogP contribution < -0.4 is 5.73 Å². The molecule has 1 saturated carbocycles. The Balaban J connectivity index is 2.36. The van der Waals surface area contributed by atoms with Gasteiger partial charge >= 0.3 is 0 Å². The molecule has 1 aliphatic carbocycles. The highest BCUT2D eigenvalue weighted by molar-refractivity contribution is 5.77. The van der Waals surface area contributed by atoms with Gasteiger partial charge in [-0.25, -0.2) is 4.98 Å². The minimum atomic E-state index is 0.195. The SMILES string of the molecule is CC1(n2c(N)nc3cnccc32)CC1. The Bertz CT molecular complexity index is 496. The first-order valence-corrected chi connectivity index (χ1v) is 4.79. The van der Waals surface area contributed by atoms with Crippen LogP contribution in [-0.2, 0) is 5.54 Å². The van der Waals surface area contributed by atoms with Gasteiger partial charge in [-0.05, 0) is 25.8 Å². The van der Waals surface area contributed by atoms with E-state index in [-0.39, 0.29) is 5.54 Å². The predicted molar refractivity (Wildman–Crippen MR) is 54.8 cm³/mol. The summed E-state index contributed by atoms with van der Waals surface area (Å²) in [6.45, 7) is 2.21. The molecule has 1 fully saturated rings. The number of imidazole rings is 1. The third-order valence-electron chi connectivity index (χ3n) is 3.00. The molecule has 2 aromatic heterocycles. The minimum absolute atomic E-state index is 0.195. The van der Waals surface area contributed by atoms with Gasteiger partial charge in [-0.3, -0.25) is 4.98 Å². The molecule has 4 heteroatoms. The normalized spacial score (nSPS) is 18.6. The van der Waals surface area contributed by atoms with Crippen molar-refractivity contribution < 1.29 is 0 Å². The molecule has 2 heterocycles. The summed E-state index contributed by atoms with van der Waals surface area (Å²) in [4.78, 5) is 8.34. The fourth-order valence-corrected chi connectivity index (χ4v) is 1.92. The molecule has 0 bridgehead atoms. The van der Waals surface area contributed by atoms with Crippen molar-refractivity contribution in [3.63, 3.8) is 0 Å². The van der Waals surface area contributed by atoms with Crippen LogP contribution in [-0.4, -0.2) is 14.5 Å². The van der Waals surface area contributed by atoms with Crippen molar-refractivity contribution in [2.75, 3.05) is 5.73 Å². The summed E-state index contributed by atoms with van der Waals surface area (Å²) in [6, 6.07) is 1.97.